The number of carbonyl (C=O) groups excluding carboxylic acids is 1. The van der Waals surface area contributed by atoms with Crippen LogP contribution in [0.5, 0.6) is 11.5 Å². The summed E-state index contributed by atoms with van der Waals surface area (Å²) in [6, 6.07) is 8.68. The van der Waals surface area contributed by atoms with E-state index < -0.39 is 0 Å². The first kappa shape index (κ1) is 14.4. The van der Waals surface area contributed by atoms with E-state index in [1.165, 1.54) is 13.2 Å². The zero-order valence-corrected chi connectivity index (χ0v) is 12.3. The molecule has 0 radical (unpaired) electrons. The molecular formula is C15H17NO3S. The topological polar surface area (TPSA) is 49.8 Å². The molecule has 0 atom stereocenters. The monoisotopic (exact) mass is 291 g/mol. The van der Waals surface area contributed by atoms with E-state index in [1.54, 1.807) is 28.4 Å². The highest BCUT2D eigenvalue weighted by molar-refractivity contribution is 7.09. The van der Waals surface area contributed by atoms with Crippen LogP contribution in [0.1, 0.15) is 22.2 Å². The van der Waals surface area contributed by atoms with Gasteiger partial charge in [-0.3, -0.25) is 4.79 Å². The van der Waals surface area contributed by atoms with Gasteiger partial charge in [-0.1, -0.05) is 6.07 Å². The molecule has 1 N–H and O–H groups in total. The van der Waals surface area contributed by atoms with Gasteiger partial charge in [0, 0.05) is 17.0 Å². The number of hydrogen-bond acceptors (Lipinski definition) is 4. The maximum Gasteiger partial charge on any atom is 0.254 e. The van der Waals surface area contributed by atoms with Crippen LogP contribution in [0.4, 0.5) is 0 Å². The van der Waals surface area contributed by atoms with E-state index in [0.29, 0.717) is 24.4 Å². The minimum Gasteiger partial charge on any atom is -0.504 e. The van der Waals surface area contributed by atoms with Gasteiger partial charge in [0.2, 0.25) is 0 Å². The van der Waals surface area contributed by atoms with E-state index >= 15 is 0 Å². The third kappa shape index (κ3) is 3.11. The van der Waals surface area contributed by atoms with Crippen LogP contribution < -0.4 is 4.74 Å². The Labute approximate surface area is 122 Å². The number of nitrogens with zero attached hydrogens (tertiary/aromatic N) is 1. The molecule has 2 aromatic rings. The molecule has 1 amide bonds. The first-order valence-electron chi connectivity index (χ1n) is 6.34. The van der Waals surface area contributed by atoms with E-state index in [1.807, 2.05) is 24.4 Å². The molecule has 1 heterocycles. The molecule has 5 heteroatoms. The van der Waals surface area contributed by atoms with Crippen LogP contribution in [-0.2, 0) is 6.54 Å². The number of benzene rings is 1. The summed E-state index contributed by atoms with van der Waals surface area (Å²) in [5, 5.41) is 11.8. The van der Waals surface area contributed by atoms with Crippen molar-refractivity contribution >= 4 is 17.2 Å². The van der Waals surface area contributed by atoms with Crippen molar-refractivity contribution in [3.8, 4) is 11.5 Å². The fourth-order valence-electron chi connectivity index (χ4n) is 1.92. The Kier molecular flexibility index (Phi) is 4.63. The molecule has 0 aliphatic heterocycles. The molecule has 106 valence electrons. The number of methoxy groups -OCH3 is 1. The molecule has 1 aromatic heterocycles. The summed E-state index contributed by atoms with van der Waals surface area (Å²) in [6.07, 6.45) is 0. The van der Waals surface area contributed by atoms with Gasteiger partial charge in [-0.05, 0) is 36.6 Å². The minimum absolute atomic E-state index is 0.0227. The van der Waals surface area contributed by atoms with Crippen LogP contribution in [0, 0.1) is 0 Å². The van der Waals surface area contributed by atoms with E-state index in [-0.39, 0.29) is 11.7 Å². The van der Waals surface area contributed by atoms with Crippen molar-refractivity contribution < 1.29 is 14.6 Å². The summed E-state index contributed by atoms with van der Waals surface area (Å²) >= 11 is 1.63. The zero-order chi connectivity index (χ0) is 14.5. The van der Waals surface area contributed by atoms with E-state index in [9.17, 15) is 9.90 Å². The van der Waals surface area contributed by atoms with Crippen LogP contribution in [0.25, 0.3) is 0 Å². The molecule has 0 fully saturated rings. The highest BCUT2D eigenvalue weighted by Gasteiger charge is 2.16. The van der Waals surface area contributed by atoms with Gasteiger partial charge in [0.05, 0.1) is 13.7 Å². The molecule has 0 unspecified atom stereocenters. The molecule has 20 heavy (non-hydrogen) atoms. The van der Waals surface area contributed by atoms with Crippen molar-refractivity contribution in [3.05, 3.63) is 46.2 Å². The summed E-state index contributed by atoms with van der Waals surface area (Å²) in [6.45, 7) is 3.14. The predicted octanol–water partition coefficient (Wildman–Crippen LogP) is 3.12. The third-order valence-corrected chi connectivity index (χ3v) is 3.88. The van der Waals surface area contributed by atoms with Gasteiger partial charge in [0.15, 0.2) is 11.5 Å². The van der Waals surface area contributed by atoms with E-state index in [2.05, 4.69) is 0 Å². The lowest BCUT2D eigenvalue weighted by atomic mass is 10.1. The second kappa shape index (κ2) is 6.43. The maximum atomic E-state index is 12.4. The number of phenols is 1. The quantitative estimate of drug-likeness (QED) is 0.920. The second-order valence-corrected chi connectivity index (χ2v) is 5.32. The Morgan fingerprint density at radius 2 is 2.20 bits per heavy atom. The second-order valence-electron chi connectivity index (χ2n) is 4.29. The van der Waals surface area contributed by atoms with Crippen molar-refractivity contribution in [2.75, 3.05) is 13.7 Å². The number of thiophene rings is 1. The van der Waals surface area contributed by atoms with Gasteiger partial charge in [-0.25, -0.2) is 0 Å². The highest BCUT2D eigenvalue weighted by Crippen LogP contribution is 2.27. The number of hydrogen-bond donors (Lipinski definition) is 1. The first-order valence-corrected chi connectivity index (χ1v) is 7.22. The van der Waals surface area contributed by atoms with E-state index in [0.717, 1.165) is 4.88 Å². The Balaban J connectivity index is 2.17. The molecular weight excluding hydrogens is 274 g/mol. The lowest BCUT2D eigenvalue weighted by molar-refractivity contribution is 0.0753. The van der Waals surface area contributed by atoms with Crippen molar-refractivity contribution in [2.45, 2.75) is 13.5 Å². The molecule has 2 rings (SSSR count). The number of rotatable bonds is 5. The van der Waals surface area contributed by atoms with Gasteiger partial charge < -0.3 is 14.7 Å². The SMILES string of the molecule is CCN(Cc1cccs1)C(=O)c1ccc(OC)c(O)c1. The third-order valence-electron chi connectivity index (χ3n) is 3.02. The van der Waals surface area contributed by atoms with E-state index in [4.69, 9.17) is 4.74 Å². The molecule has 4 nitrogen and oxygen atoms in total. The molecule has 0 aliphatic rings. The summed E-state index contributed by atoms with van der Waals surface area (Å²) < 4.78 is 4.98. The van der Waals surface area contributed by atoms with Gasteiger partial charge in [-0.15, -0.1) is 11.3 Å². The van der Waals surface area contributed by atoms with Gasteiger partial charge >= 0.3 is 0 Å². The standard InChI is InChI=1S/C15H17NO3S/c1-3-16(10-12-5-4-8-20-12)15(18)11-6-7-14(19-2)13(17)9-11/h4-9,17H,3,10H2,1-2H3. The summed E-state index contributed by atoms with van der Waals surface area (Å²) in [5.74, 6) is 0.243. The van der Waals surface area contributed by atoms with Crippen molar-refractivity contribution in [1.82, 2.24) is 4.90 Å². The Bertz CT molecular complexity index is 581. The number of amides is 1. The summed E-state index contributed by atoms with van der Waals surface area (Å²) in [7, 11) is 1.48. The predicted molar refractivity (Wildman–Crippen MR) is 79.4 cm³/mol. The van der Waals surface area contributed by atoms with Crippen LogP contribution in [-0.4, -0.2) is 29.6 Å². The summed E-state index contributed by atoms with van der Waals surface area (Å²) in [4.78, 5) is 15.3. The highest BCUT2D eigenvalue weighted by atomic mass is 32.1. The molecule has 0 spiro atoms. The lowest BCUT2D eigenvalue weighted by Crippen LogP contribution is -2.29. The Morgan fingerprint density at radius 3 is 2.75 bits per heavy atom. The normalized spacial score (nSPS) is 10.3. The van der Waals surface area contributed by atoms with Crippen LogP contribution >= 0.6 is 11.3 Å². The first-order chi connectivity index (χ1) is 9.65. The fourth-order valence-corrected chi connectivity index (χ4v) is 2.64. The number of carbonyl (C=O) groups is 1. The van der Waals surface area contributed by atoms with Crippen LogP contribution in [0.15, 0.2) is 35.7 Å². The average Bonchev–Trinajstić information content (AvgIpc) is 2.97. The molecule has 0 saturated carbocycles. The number of phenolic OH excluding ortho intramolecular Hbond substituents is 1. The number of aromatic hydroxyl groups is 1. The van der Waals surface area contributed by atoms with Crippen LogP contribution in [0.3, 0.4) is 0 Å². The average molecular weight is 291 g/mol. The molecule has 1 aromatic carbocycles. The summed E-state index contributed by atoms with van der Waals surface area (Å²) in [5.41, 5.74) is 0.460. The number of ether oxygens (including phenoxy) is 1. The molecule has 0 bridgehead atoms. The lowest BCUT2D eigenvalue weighted by Gasteiger charge is -2.20. The van der Waals surface area contributed by atoms with Gasteiger partial charge in [0.25, 0.3) is 5.91 Å². The Hall–Kier alpha value is -2.01. The smallest absolute Gasteiger partial charge is 0.254 e. The van der Waals surface area contributed by atoms with Crippen molar-refractivity contribution in [2.24, 2.45) is 0 Å². The van der Waals surface area contributed by atoms with Gasteiger partial charge in [-0.2, -0.15) is 0 Å². The maximum absolute atomic E-state index is 12.4. The largest absolute Gasteiger partial charge is 0.504 e. The Morgan fingerprint density at radius 1 is 1.40 bits per heavy atom. The van der Waals surface area contributed by atoms with Crippen LogP contribution in [0.2, 0.25) is 0 Å². The molecule has 0 saturated heterocycles. The zero-order valence-electron chi connectivity index (χ0n) is 11.5. The van der Waals surface area contributed by atoms with Crippen molar-refractivity contribution in [1.29, 1.82) is 0 Å². The molecule has 0 aliphatic carbocycles. The fraction of sp³-hybridized carbons (Fsp3) is 0.267. The van der Waals surface area contributed by atoms with Crippen molar-refractivity contribution in [3.63, 3.8) is 0 Å². The minimum atomic E-state index is -0.0983. The van der Waals surface area contributed by atoms with Gasteiger partial charge in [0.1, 0.15) is 0 Å².